The largest absolute Gasteiger partial charge is 0.508 e. The zero-order chi connectivity index (χ0) is 12.4. The van der Waals surface area contributed by atoms with Crippen molar-refractivity contribution >= 4 is 34.8 Å². The van der Waals surface area contributed by atoms with E-state index in [9.17, 15) is 5.11 Å². The van der Waals surface area contributed by atoms with Crippen LogP contribution in [0.25, 0.3) is 10.9 Å². The SMILES string of the molecule is Cl.Oc1ccc(Nc2ncnc3ccccc23)cc1. The highest BCUT2D eigenvalue weighted by molar-refractivity contribution is 5.90. The second-order valence-electron chi connectivity index (χ2n) is 3.91. The Kier molecular flexibility index (Phi) is 3.82. The Morgan fingerprint density at radius 1 is 0.895 bits per heavy atom. The van der Waals surface area contributed by atoms with Crippen LogP contribution in [0.1, 0.15) is 0 Å². The Hall–Kier alpha value is -2.33. The highest BCUT2D eigenvalue weighted by Crippen LogP contribution is 2.23. The molecule has 1 heterocycles. The van der Waals surface area contributed by atoms with Crippen molar-refractivity contribution in [3.8, 4) is 5.75 Å². The van der Waals surface area contributed by atoms with Gasteiger partial charge in [0.15, 0.2) is 0 Å². The number of nitrogens with one attached hydrogen (secondary N) is 1. The molecule has 0 bridgehead atoms. The van der Waals surface area contributed by atoms with Crippen molar-refractivity contribution in [3.63, 3.8) is 0 Å². The van der Waals surface area contributed by atoms with E-state index < -0.39 is 0 Å². The van der Waals surface area contributed by atoms with Crippen LogP contribution in [-0.4, -0.2) is 15.1 Å². The van der Waals surface area contributed by atoms with Crippen LogP contribution in [0.5, 0.6) is 5.75 Å². The maximum atomic E-state index is 9.24. The van der Waals surface area contributed by atoms with Gasteiger partial charge in [0.1, 0.15) is 17.9 Å². The van der Waals surface area contributed by atoms with Crippen molar-refractivity contribution in [1.82, 2.24) is 9.97 Å². The molecule has 19 heavy (non-hydrogen) atoms. The lowest BCUT2D eigenvalue weighted by molar-refractivity contribution is 0.475. The second-order valence-corrected chi connectivity index (χ2v) is 3.91. The van der Waals surface area contributed by atoms with Crippen molar-refractivity contribution in [2.24, 2.45) is 0 Å². The van der Waals surface area contributed by atoms with Gasteiger partial charge in [-0.15, -0.1) is 12.4 Å². The molecule has 0 spiro atoms. The minimum absolute atomic E-state index is 0. The Morgan fingerprint density at radius 3 is 2.42 bits per heavy atom. The number of phenolic OH excluding ortho intramolecular Hbond substituents is 1. The van der Waals surface area contributed by atoms with Gasteiger partial charge < -0.3 is 10.4 Å². The van der Waals surface area contributed by atoms with Gasteiger partial charge in [0, 0.05) is 11.1 Å². The number of fused-ring (bicyclic) bond motifs is 1. The number of hydrogen-bond acceptors (Lipinski definition) is 4. The van der Waals surface area contributed by atoms with E-state index in [0.717, 1.165) is 22.4 Å². The molecule has 96 valence electrons. The molecule has 5 heteroatoms. The van der Waals surface area contributed by atoms with E-state index in [4.69, 9.17) is 0 Å². The molecule has 1 aromatic heterocycles. The Labute approximate surface area is 116 Å². The minimum Gasteiger partial charge on any atom is -0.508 e. The van der Waals surface area contributed by atoms with Gasteiger partial charge in [0.25, 0.3) is 0 Å². The zero-order valence-corrected chi connectivity index (χ0v) is 10.8. The number of rotatable bonds is 2. The first kappa shape index (κ1) is 13.1. The van der Waals surface area contributed by atoms with E-state index in [-0.39, 0.29) is 18.2 Å². The lowest BCUT2D eigenvalue weighted by atomic mass is 10.2. The molecular formula is C14H12ClN3O. The standard InChI is InChI=1S/C14H11N3O.ClH/c18-11-7-5-10(6-8-11)17-14-12-3-1-2-4-13(12)15-9-16-14;/h1-9,18H,(H,15,16,17);1H. The summed E-state index contributed by atoms with van der Waals surface area (Å²) < 4.78 is 0. The highest BCUT2D eigenvalue weighted by atomic mass is 35.5. The molecule has 0 aliphatic heterocycles. The fourth-order valence-corrected chi connectivity index (χ4v) is 1.79. The van der Waals surface area contributed by atoms with Crippen LogP contribution in [0.15, 0.2) is 54.9 Å². The van der Waals surface area contributed by atoms with Gasteiger partial charge in [-0.1, -0.05) is 12.1 Å². The number of halogens is 1. The van der Waals surface area contributed by atoms with E-state index in [1.165, 1.54) is 6.33 Å². The molecular weight excluding hydrogens is 262 g/mol. The van der Waals surface area contributed by atoms with Crippen molar-refractivity contribution in [3.05, 3.63) is 54.9 Å². The van der Waals surface area contributed by atoms with E-state index in [1.54, 1.807) is 24.3 Å². The quantitative estimate of drug-likeness (QED) is 0.702. The fraction of sp³-hybridized carbons (Fsp3) is 0. The number of anilines is 2. The van der Waals surface area contributed by atoms with Crippen LogP contribution in [-0.2, 0) is 0 Å². The van der Waals surface area contributed by atoms with Crippen molar-refractivity contribution in [1.29, 1.82) is 0 Å². The molecule has 0 atom stereocenters. The lowest BCUT2D eigenvalue weighted by Gasteiger charge is -2.07. The zero-order valence-electron chi connectivity index (χ0n) is 9.95. The van der Waals surface area contributed by atoms with Crippen LogP contribution in [0.3, 0.4) is 0 Å². The van der Waals surface area contributed by atoms with Crippen molar-refractivity contribution in [2.45, 2.75) is 0 Å². The summed E-state index contributed by atoms with van der Waals surface area (Å²) >= 11 is 0. The first-order valence-corrected chi connectivity index (χ1v) is 5.59. The normalized spacial score (nSPS) is 9.89. The van der Waals surface area contributed by atoms with E-state index in [0.29, 0.717) is 0 Å². The average Bonchev–Trinajstić information content (AvgIpc) is 2.42. The van der Waals surface area contributed by atoms with Crippen LogP contribution in [0.2, 0.25) is 0 Å². The van der Waals surface area contributed by atoms with Crippen LogP contribution >= 0.6 is 12.4 Å². The molecule has 3 rings (SSSR count). The van der Waals surface area contributed by atoms with Gasteiger partial charge in [-0.3, -0.25) is 0 Å². The molecule has 0 saturated heterocycles. The Morgan fingerprint density at radius 2 is 1.63 bits per heavy atom. The summed E-state index contributed by atoms with van der Waals surface area (Å²) in [6.45, 7) is 0. The molecule has 2 aromatic carbocycles. The first-order chi connectivity index (χ1) is 8.83. The van der Waals surface area contributed by atoms with Gasteiger partial charge in [-0.2, -0.15) is 0 Å². The van der Waals surface area contributed by atoms with Crippen molar-refractivity contribution < 1.29 is 5.11 Å². The third-order valence-electron chi connectivity index (χ3n) is 2.67. The number of nitrogens with zero attached hydrogens (tertiary/aromatic N) is 2. The molecule has 2 N–H and O–H groups in total. The minimum atomic E-state index is 0. The van der Waals surface area contributed by atoms with Gasteiger partial charge in [-0.25, -0.2) is 9.97 Å². The van der Waals surface area contributed by atoms with E-state index in [2.05, 4.69) is 15.3 Å². The number of aromatic hydroxyl groups is 1. The van der Waals surface area contributed by atoms with Gasteiger partial charge in [0.05, 0.1) is 5.52 Å². The summed E-state index contributed by atoms with van der Waals surface area (Å²) in [5.74, 6) is 0.999. The van der Waals surface area contributed by atoms with E-state index in [1.807, 2.05) is 24.3 Å². The lowest BCUT2D eigenvalue weighted by Crippen LogP contribution is -1.95. The number of phenols is 1. The first-order valence-electron chi connectivity index (χ1n) is 5.59. The summed E-state index contributed by atoms with van der Waals surface area (Å²) in [5.41, 5.74) is 1.77. The second kappa shape index (κ2) is 5.54. The molecule has 0 aliphatic rings. The highest BCUT2D eigenvalue weighted by Gasteiger charge is 2.02. The molecule has 0 radical (unpaired) electrons. The molecule has 0 unspecified atom stereocenters. The summed E-state index contributed by atoms with van der Waals surface area (Å²) in [7, 11) is 0. The van der Waals surface area contributed by atoms with E-state index >= 15 is 0 Å². The van der Waals surface area contributed by atoms with Crippen molar-refractivity contribution in [2.75, 3.05) is 5.32 Å². The van der Waals surface area contributed by atoms with Gasteiger partial charge in [0.2, 0.25) is 0 Å². The third-order valence-corrected chi connectivity index (χ3v) is 2.67. The molecule has 0 aliphatic carbocycles. The molecule has 4 nitrogen and oxygen atoms in total. The molecule has 3 aromatic rings. The van der Waals surface area contributed by atoms with Crippen LogP contribution in [0, 0.1) is 0 Å². The fourth-order valence-electron chi connectivity index (χ4n) is 1.79. The van der Waals surface area contributed by atoms with Crippen LogP contribution < -0.4 is 5.32 Å². The molecule has 0 saturated carbocycles. The summed E-state index contributed by atoms with van der Waals surface area (Å²) in [6.07, 6.45) is 1.53. The van der Waals surface area contributed by atoms with Gasteiger partial charge >= 0.3 is 0 Å². The average molecular weight is 274 g/mol. The maximum absolute atomic E-state index is 9.24. The van der Waals surface area contributed by atoms with Gasteiger partial charge in [-0.05, 0) is 36.4 Å². The topological polar surface area (TPSA) is 58.0 Å². The number of aromatic nitrogens is 2. The summed E-state index contributed by atoms with van der Waals surface area (Å²) in [6, 6.07) is 14.7. The number of para-hydroxylation sites is 1. The number of benzene rings is 2. The predicted octanol–water partition coefficient (Wildman–Crippen LogP) is 3.50. The third kappa shape index (κ3) is 2.74. The predicted molar refractivity (Wildman–Crippen MR) is 78.2 cm³/mol. The number of hydrogen-bond donors (Lipinski definition) is 2. The Balaban J connectivity index is 0.00000133. The summed E-state index contributed by atoms with van der Waals surface area (Å²) in [4.78, 5) is 8.45. The molecule has 0 fully saturated rings. The maximum Gasteiger partial charge on any atom is 0.141 e. The Bertz CT molecular complexity index is 680. The summed E-state index contributed by atoms with van der Waals surface area (Å²) in [5, 5.41) is 13.4. The molecule has 0 amide bonds. The van der Waals surface area contributed by atoms with Crippen LogP contribution in [0.4, 0.5) is 11.5 Å². The monoisotopic (exact) mass is 273 g/mol. The smallest absolute Gasteiger partial charge is 0.141 e.